The zero-order valence-electron chi connectivity index (χ0n) is 20.1. The number of ether oxygens (including phenoxy) is 1. The minimum absolute atomic E-state index is 0.0883. The summed E-state index contributed by atoms with van der Waals surface area (Å²) in [5, 5.41) is 2.91. The summed E-state index contributed by atoms with van der Waals surface area (Å²) in [7, 11) is -2.42. The van der Waals surface area contributed by atoms with Gasteiger partial charge in [0.1, 0.15) is 12.2 Å². The van der Waals surface area contributed by atoms with Crippen molar-refractivity contribution in [1.82, 2.24) is 5.32 Å². The van der Waals surface area contributed by atoms with E-state index in [2.05, 4.69) is 53.4 Å². The fourth-order valence-electron chi connectivity index (χ4n) is 6.20. The Morgan fingerprint density at radius 2 is 1.78 bits per heavy atom. The van der Waals surface area contributed by atoms with E-state index in [0.29, 0.717) is 35.9 Å². The second kappa shape index (κ2) is 10.6. The molecule has 1 N–H and O–H groups in total. The molecular weight excluding hydrogens is 489 g/mol. The molecule has 0 heterocycles. The molecule has 1 amide bonds. The average molecular weight is 527 g/mol. The molecule has 3 rings (SSSR count). The van der Waals surface area contributed by atoms with Crippen molar-refractivity contribution in [2.75, 3.05) is 6.61 Å². The molecule has 0 saturated heterocycles. The summed E-state index contributed by atoms with van der Waals surface area (Å²) >= 11 is 17.2. The van der Waals surface area contributed by atoms with Crippen LogP contribution < -0.4 is 5.32 Å². The monoisotopic (exact) mass is 525 g/mol. The molecule has 0 aromatic rings. The number of rotatable bonds is 9. The van der Waals surface area contributed by atoms with E-state index in [-0.39, 0.29) is 24.2 Å². The second-order valence-corrected chi connectivity index (χ2v) is 18.1. The van der Waals surface area contributed by atoms with Crippen LogP contribution in [0.25, 0.3) is 0 Å². The summed E-state index contributed by atoms with van der Waals surface area (Å²) in [6, 6.07) is -0.471. The number of ketones is 1. The van der Waals surface area contributed by atoms with Gasteiger partial charge in [0, 0.05) is 5.92 Å². The molecule has 4 atom stereocenters. The Hall–Kier alpha value is -0.273. The van der Waals surface area contributed by atoms with Crippen LogP contribution in [-0.4, -0.2) is 42.2 Å². The molecule has 2 bridgehead atoms. The van der Waals surface area contributed by atoms with E-state index in [9.17, 15) is 9.59 Å². The van der Waals surface area contributed by atoms with E-state index in [1.54, 1.807) is 0 Å². The highest BCUT2D eigenvalue weighted by Gasteiger charge is 2.63. The van der Waals surface area contributed by atoms with Crippen LogP contribution in [0.5, 0.6) is 0 Å². The highest BCUT2D eigenvalue weighted by molar-refractivity contribution is 6.78. The topological polar surface area (TPSA) is 64.6 Å². The van der Waals surface area contributed by atoms with Crippen LogP contribution in [0.15, 0.2) is 12.7 Å². The Bertz CT molecular complexity index is 688. The third-order valence-electron chi connectivity index (χ3n) is 7.46. The molecule has 184 valence electrons. The molecular formula is C23H38Cl3NO4Si. The van der Waals surface area contributed by atoms with Crippen LogP contribution in [0.4, 0.5) is 4.79 Å². The average Bonchev–Trinajstić information content (AvgIpc) is 2.67. The van der Waals surface area contributed by atoms with E-state index >= 15 is 0 Å². The third kappa shape index (κ3) is 5.51. The summed E-state index contributed by atoms with van der Waals surface area (Å²) in [6.45, 7) is 16.7. The van der Waals surface area contributed by atoms with E-state index in [1.807, 2.05) is 6.08 Å². The van der Waals surface area contributed by atoms with Crippen LogP contribution in [0.1, 0.15) is 67.2 Å². The molecule has 0 spiro atoms. The minimum atomic E-state index is -2.42. The first-order chi connectivity index (χ1) is 14.7. The molecule has 3 aliphatic carbocycles. The van der Waals surface area contributed by atoms with Crippen LogP contribution in [0.2, 0.25) is 16.6 Å². The number of nitrogens with one attached hydrogen (secondary N) is 1. The number of allylic oxidation sites excluding steroid dienone is 1. The van der Waals surface area contributed by atoms with Crippen LogP contribution in [-0.2, 0) is 14.0 Å². The zero-order chi connectivity index (χ0) is 24.5. The fourth-order valence-corrected chi connectivity index (χ4v) is 12.0. The third-order valence-corrected chi connectivity index (χ3v) is 13.9. The maximum Gasteiger partial charge on any atom is 0.407 e. The van der Waals surface area contributed by atoms with Gasteiger partial charge >= 0.3 is 6.09 Å². The summed E-state index contributed by atoms with van der Waals surface area (Å²) < 4.78 is 10.6. The van der Waals surface area contributed by atoms with E-state index < -0.39 is 29.8 Å². The lowest BCUT2D eigenvalue weighted by Crippen LogP contribution is -2.72. The van der Waals surface area contributed by atoms with E-state index in [0.717, 1.165) is 6.42 Å². The molecule has 3 aliphatic rings. The molecule has 9 heteroatoms. The van der Waals surface area contributed by atoms with Gasteiger partial charge in [-0.3, -0.25) is 4.79 Å². The van der Waals surface area contributed by atoms with Crippen molar-refractivity contribution in [3.05, 3.63) is 12.7 Å². The Balaban J connectivity index is 2.45. The first kappa shape index (κ1) is 28.0. The maximum atomic E-state index is 13.9. The van der Waals surface area contributed by atoms with E-state index in [4.69, 9.17) is 44.0 Å². The summed E-state index contributed by atoms with van der Waals surface area (Å²) in [6.07, 6.45) is 3.89. The van der Waals surface area contributed by atoms with Crippen LogP contribution in [0, 0.1) is 11.8 Å². The minimum Gasteiger partial charge on any atom is -0.445 e. The number of fused-ring (bicyclic) bond motifs is 3. The summed E-state index contributed by atoms with van der Waals surface area (Å²) in [4.78, 5) is 26.5. The van der Waals surface area contributed by atoms with Gasteiger partial charge in [-0.25, -0.2) is 4.79 Å². The number of hydrogen-bond acceptors (Lipinski definition) is 4. The van der Waals surface area contributed by atoms with Gasteiger partial charge in [-0.1, -0.05) is 82.4 Å². The number of carbonyl (C=O) groups excluding carboxylic acids is 2. The van der Waals surface area contributed by atoms with Gasteiger partial charge in [0.2, 0.25) is 12.1 Å². The molecule has 0 aliphatic heterocycles. The molecule has 0 unspecified atom stereocenters. The fraction of sp³-hybridized carbons (Fsp3) is 0.826. The van der Waals surface area contributed by atoms with Crippen molar-refractivity contribution in [3.63, 3.8) is 0 Å². The van der Waals surface area contributed by atoms with Gasteiger partial charge in [0.25, 0.3) is 0 Å². The second-order valence-electron chi connectivity index (χ2n) is 10.2. The van der Waals surface area contributed by atoms with Gasteiger partial charge in [0.15, 0.2) is 5.78 Å². The molecule has 0 aromatic carbocycles. The highest BCUT2D eigenvalue weighted by atomic mass is 35.6. The van der Waals surface area contributed by atoms with Gasteiger partial charge in [-0.15, -0.1) is 6.58 Å². The summed E-state index contributed by atoms with van der Waals surface area (Å²) in [5.74, 6) is 0.137. The molecule has 0 aromatic heterocycles. The van der Waals surface area contributed by atoms with Crippen LogP contribution >= 0.6 is 34.8 Å². The van der Waals surface area contributed by atoms with Crippen molar-refractivity contribution in [2.45, 2.75) is 99.3 Å². The SMILES string of the molecule is C=CC[C@@H]1C(=O)[C@@]2(O[Si](C(C)C)(C(C)C)C(C)C)CC[C@@H]1C[C@H]2NC(=O)OCC(Cl)(Cl)Cl. The van der Waals surface area contributed by atoms with Crippen LogP contribution in [0.3, 0.4) is 0 Å². The van der Waals surface area contributed by atoms with Crippen molar-refractivity contribution in [2.24, 2.45) is 11.8 Å². The Morgan fingerprint density at radius 3 is 2.25 bits per heavy atom. The summed E-state index contributed by atoms with van der Waals surface area (Å²) in [5.41, 5.74) is -0.149. The van der Waals surface area contributed by atoms with Gasteiger partial charge in [-0.05, 0) is 48.2 Å². The Kier molecular flexibility index (Phi) is 9.22. The van der Waals surface area contributed by atoms with Gasteiger partial charge < -0.3 is 14.5 Å². The quantitative estimate of drug-likeness (QED) is 0.200. The van der Waals surface area contributed by atoms with Crippen molar-refractivity contribution in [3.8, 4) is 0 Å². The normalized spacial score (nSPS) is 28.5. The predicted molar refractivity (Wildman–Crippen MR) is 134 cm³/mol. The largest absolute Gasteiger partial charge is 0.445 e. The number of halogens is 3. The molecule has 3 saturated carbocycles. The first-order valence-electron chi connectivity index (χ1n) is 11.6. The number of amides is 1. The number of hydrogen-bond donors (Lipinski definition) is 1. The van der Waals surface area contributed by atoms with Gasteiger partial charge in [0.05, 0.1) is 6.04 Å². The maximum absolute atomic E-state index is 13.9. The number of Topliss-reactive ketones (excluding diaryl/α,β-unsaturated/α-hetero) is 1. The standard InChI is InChI=1S/C23H38Cl3NO4Si/c1-8-9-18-17-10-11-22(20(18)28,31-32(14(2)3,15(4)5)16(6)7)19(12-17)27-21(29)30-13-23(24,25)26/h8,14-19H,1,9-13H2,2-7H3,(H,27,29)/t17-,18+,19-,22-/m1/s1. The smallest absolute Gasteiger partial charge is 0.407 e. The highest BCUT2D eigenvalue weighted by Crippen LogP contribution is 2.54. The van der Waals surface area contributed by atoms with Gasteiger partial charge in [-0.2, -0.15) is 0 Å². The number of alkyl halides is 3. The molecule has 3 fully saturated rings. The van der Waals surface area contributed by atoms with Crippen molar-refractivity contribution < 1.29 is 18.8 Å². The van der Waals surface area contributed by atoms with E-state index in [1.165, 1.54) is 0 Å². The first-order valence-corrected chi connectivity index (χ1v) is 14.8. The van der Waals surface area contributed by atoms with Crippen molar-refractivity contribution in [1.29, 1.82) is 0 Å². The lowest BCUT2D eigenvalue weighted by Gasteiger charge is -2.58. The predicted octanol–water partition coefficient (Wildman–Crippen LogP) is 6.96. The lowest BCUT2D eigenvalue weighted by atomic mass is 9.58. The molecule has 32 heavy (non-hydrogen) atoms. The number of alkyl carbamates (subject to hydrolysis) is 1. The molecule has 5 nitrogen and oxygen atoms in total. The Morgan fingerprint density at radius 1 is 1.22 bits per heavy atom. The van der Waals surface area contributed by atoms with Crippen molar-refractivity contribution >= 4 is 55.0 Å². The zero-order valence-corrected chi connectivity index (χ0v) is 23.3. The Labute approximate surface area is 209 Å². The number of carbonyl (C=O) groups is 2. The molecule has 0 radical (unpaired) electrons. The lowest BCUT2D eigenvalue weighted by molar-refractivity contribution is -0.161.